The van der Waals surface area contributed by atoms with Crippen molar-refractivity contribution in [3.05, 3.63) is 41.7 Å². The van der Waals surface area contributed by atoms with Gasteiger partial charge in [0.05, 0.1) is 18.7 Å². The topological polar surface area (TPSA) is 68.0 Å². The first kappa shape index (κ1) is 9.67. The fourth-order valence-corrected chi connectivity index (χ4v) is 1.06. The number of nitrogens with zero attached hydrogens (tertiary/aromatic N) is 2. The third kappa shape index (κ3) is 2.32. The molecule has 0 atom stereocenters. The molecule has 1 amide bonds. The predicted octanol–water partition coefficient (Wildman–Crippen LogP) is 1.98. The molecule has 0 aliphatic heterocycles. The van der Waals surface area contributed by atoms with Crippen LogP contribution in [-0.4, -0.2) is 15.9 Å². The summed E-state index contributed by atoms with van der Waals surface area (Å²) in [6.07, 6.45) is 4.13. The van der Waals surface area contributed by atoms with E-state index in [0.29, 0.717) is 5.82 Å². The average Bonchev–Trinajstić information content (AvgIpc) is 2.74. The lowest BCUT2D eigenvalue weighted by Gasteiger charge is -2.00. The Hall–Kier alpha value is -1.88. The summed E-state index contributed by atoms with van der Waals surface area (Å²) in [6, 6.07) is 3.18. The highest BCUT2D eigenvalue weighted by Crippen LogP contribution is 2.07. The van der Waals surface area contributed by atoms with Crippen LogP contribution in [0.2, 0.25) is 5.15 Å². The van der Waals surface area contributed by atoms with Crippen molar-refractivity contribution >= 4 is 23.3 Å². The zero-order valence-electron chi connectivity index (χ0n) is 7.48. The van der Waals surface area contributed by atoms with Gasteiger partial charge in [-0.1, -0.05) is 11.6 Å². The Labute approximate surface area is 90.1 Å². The summed E-state index contributed by atoms with van der Waals surface area (Å²) in [7, 11) is 0. The summed E-state index contributed by atoms with van der Waals surface area (Å²) in [4.78, 5) is 19.1. The summed E-state index contributed by atoms with van der Waals surface area (Å²) in [5.74, 6) is 0.157. The lowest BCUT2D eigenvalue weighted by atomic mass is 10.4. The highest BCUT2D eigenvalue weighted by molar-refractivity contribution is 6.29. The molecule has 6 heteroatoms. The molecule has 0 radical (unpaired) electrons. The van der Waals surface area contributed by atoms with E-state index in [1.54, 1.807) is 12.1 Å². The molecule has 2 rings (SSSR count). The molecule has 76 valence electrons. The van der Waals surface area contributed by atoms with Crippen LogP contribution in [-0.2, 0) is 0 Å². The summed E-state index contributed by atoms with van der Waals surface area (Å²) in [5, 5.41) is 2.78. The minimum Gasteiger partial charge on any atom is -0.459 e. The number of anilines is 1. The number of nitrogens with one attached hydrogen (secondary N) is 1. The van der Waals surface area contributed by atoms with E-state index in [9.17, 15) is 4.79 Å². The van der Waals surface area contributed by atoms with Gasteiger partial charge in [-0.2, -0.15) is 0 Å². The standard InChI is InChI=1S/C9H6ClN3O2/c10-7-4-12-8(5-11-7)13-9(14)6-2-1-3-15-6/h1-5H,(H,12,13,14). The lowest BCUT2D eigenvalue weighted by Crippen LogP contribution is -2.12. The fourth-order valence-electron chi connectivity index (χ4n) is 0.963. The van der Waals surface area contributed by atoms with E-state index in [2.05, 4.69) is 15.3 Å². The summed E-state index contributed by atoms with van der Waals surface area (Å²) in [5.41, 5.74) is 0. The van der Waals surface area contributed by atoms with Crippen molar-refractivity contribution in [3.63, 3.8) is 0 Å². The van der Waals surface area contributed by atoms with E-state index in [-0.39, 0.29) is 16.8 Å². The van der Waals surface area contributed by atoms with Crippen LogP contribution >= 0.6 is 11.6 Å². The van der Waals surface area contributed by atoms with Crippen LogP contribution in [0.15, 0.2) is 35.2 Å². The fraction of sp³-hybridized carbons (Fsp3) is 0. The van der Waals surface area contributed by atoms with Gasteiger partial charge in [-0.3, -0.25) is 4.79 Å². The second-order valence-electron chi connectivity index (χ2n) is 2.66. The van der Waals surface area contributed by atoms with Gasteiger partial charge in [0.25, 0.3) is 5.91 Å². The Bertz CT molecular complexity index is 453. The van der Waals surface area contributed by atoms with E-state index in [1.807, 2.05) is 0 Å². The van der Waals surface area contributed by atoms with Crippen LogP contribution in [0.25, 0.3) is 0 Å². The van der Waals surface area contributed by atoms with Crippen LogP contribution in [0.1, 0.15) is 10.6 Å². The number of carbonyl (C=O) groups is 1. The molecular weight excluding hydrogens is 218 g/mol. The molecule has 0 spiro atoms. The molecule has 2 aromatic rings. The zero-order valence-corrected chi connectivity index (χ0v) is 8.23. The lowest BCUT2D eigenvalue weighted by molar-refractivity contribution is 0.0996. The summed E-state index contributed by atoms with van der Waals surface area (Å²) < 4.78 is 4.90. The number of rotatable bonds is 2. The minimum atomic E-state index is -0.378. The molecule has 0 saturated carbocycles. The molecule has 0 aromatic carbocycles. The van der Waals surface area contributed by atoms with Crippen molar-refractivity contribution < 1.29 is 9.21 Å². The van der Waals surface area contributed by atoms with Crippen LogP contribution < -0.4 is 5.32 Å². The Balaban J connectivity index is 2.09. The number of carbonyl (C=O) groups excluding carboxylic acids is 1. The molecule has 2 heterocycles. The van der Waals surface area contributed by atoms with E-state index in [1.165, 1.54) is 18.7 Å². The largest absolute Gasteiger partial charge is 0.459 e. The highest BCUT2D eigenvalue weighted by Gasteiger charge is 2.08. The first-order valence-electron chi connectivity index (χ1n) is 4.08. The minimum absolute atomic E-state index is 0.215. The van der Waals surface area contributed by atoms with E-state index >= 15 is 0 Å². The second kappa shape index (κ2) is 4.10. The molecule has 1 N–H and O–H groups in total. The Morgan fingerprint density at radius 1 is 1.40 bits per heavy atom. The Kier molecular flexibility index (Phi) is 2.64. The van der Waals surface area contributed by atoms with Crippen LogP contribution in [0, 0.1) is 0 Å². The first-order valence-corrected chi connectivity index (χ1v) is 4.46. The quantitative estimate of drug-likeness (QED) is 0.845. The normalized spacial score (nSPS) is 9.93. The molecule has 5 nitrogen and oxygen atoms in total. The van der Waals surface area contributed by atoms with Crippen LogP contribution in [0.3, 0.4) is 0 Å². The van der Waals surface area contributed by atoms with Gasteiger partial charge in [0, 0.05) is 0 Å². The van der Waals surface area contributed by atoms with Crippen molar-refractivity contribution in [2.24, 2.45) is 0 Å². The third-order valence-corrected chi connectivity index (χ3v) is 1.80. The molecule has 15 heavy (non-hydrogen) atoms. The van der Waals surface area contributed by atoms with Gasteiger partial charge in [0.1, 0.15) is 5.15 Å². The second-order valence-corrected chi connectivity index (χ2v) is 3.04. The number of furan rings is 1. The summed E-state index contributed by atoms with van der Waals surface area (Å²) in [6.45, 7) is 0. The highest BCUT2D eigenvalue weighted by atomic mass is 35.5. The van der Waals surface area contributed by atoms with E-state index in [4.69, 9.17) is 16.0 Å². The van der Waals surface area contributed by atoms with Gasteiger partial charge in [-0.15, -0.1) is 0 Å². The Morgan fingerprint density at radius 2 is 2.27 bits per heavy atom. The number of halogens is 1. The number of hydrogen-bond acceptors (Lipinski definition) is 4. The van der Waals surface area contributed by atoms with Gasteiger partial charge in [0.15, 0.2) is 11.6 Å². The summed E-state index contributed by atoms with van der Waals surface area (Å²) >= 11 is 5.54. The van der Waals surface area contributed by atoms with Crippen LogP contribution in [0.4, 0.5) is 5.82 Å². The van der Waals surface area contributed by atoms with E-state index < -0.39 is 0 Å². The first-order chi connectivity index (χ1) is 7.25. The van der Waals surface area contributed by atoms with Crippen molar-refractivity contribution in [1.29, 1.82) is 0 Å². The molecule has 2 aromatic heterocycles. The van der Waals surface area contributed by atoms with Gasteiger partial charge in [-0.25, -0.2) is 9.97 Å². The third-order valence-electron chi connectivity index (χ3n) is 1.61. The van der Waals surface area contributed by atoms with Gasteiger partial charge >= 0.3 is 0 Å². The van der Waals surface area contributed by atoms with Gasteiger partial charge in [0.2, 0.25) is 0 Å². The average molecular weight is 224 g/mol. The maximum absolute atomic E-state index is 11.5. The van der Waals surface area contributed by atoms with Crippen molar-refractivity contribution in [3.8, 4) is 0 Å². The molecule has 0 saturated heterocycles. The smallest absolute Gasteiger partial charge is 0.292 e. The van der Waals surface area contributed by atoms with Gasteiger partial charge in [-0.05, 0) is 12.1 Å². The monoisotopic (exact) mass is 223 g/mol. The predicted molar refractivity (Wildman–Crippen MR) is 53.7 cm³/mol. The molecule has 0 aliphatic rings. The molecule has 0 bridgehead atoms. The SMILES string of the molecule is O=C(Nc1cnc(Cl)cn1)c1ccco1. The van der Waals surface area contributed by atoms with Gasteiger partial charge < -0.3 is 9.73 Å². The number of aromatic nitrogens is 2. The van der Waals surface area contributed by atoms with Crippen LogP contribution in [0.5, 0.6) is 0 Å². The maximum Gasteiger partial charge on any atom is 0.292 e. The molecule has 0 unspecified atom stereocenters. The zero-order chi connectivity index (χ0) is 10.7. The Morgan fingerprint density at radius 3 is 2.87 bits per heavy atom. The molecule has 0 fully saturated rings. The number of amides is 1. The molecule has 0 aliphatic carbocycles. The van der Waals surface area contributed by atoms with E-state index in [0.717, 1.165) is 0 Å². The van der Waals surface area contributed by atoms with Crippen molar-refractivity contribution in [2.75, 3.05) is 5.32 Å². The van der Waals surface area contributed by atoms with Crippen molar-refractivity contribution in [2.45, 2.75) is 0 Å². The van der Waals surface area contributed by atoms with Crippen molar-refractivity contribution in [1.82, 2.24) is 9.97 Å². The number of hydrogen-bond donors (Lipinski definition) is 1. The molecular formula is C9H6ClN3O2. The maximum atomic E-state index is 11.5.